The summed E-state index contributed by atoms with van der Waals surface area (Å²) in [7, 11) is 0. The molecular formula is C14H24N2O5. The molecule has 1 aliphatic rings. The van der Waals surface area contributed by atoms with Crippen molar-refractivity contribution in [1.82, 2.24) is 10.2 Å². The van der Waals surface area contributed by atoms with Gasteiger partial charge in [0.1, 0.15) is 0 Å². The molecule has 1 amide bonds. The van der Waals surface area contributed by atoms with E-state index >= 15 is 0 Å². The van der Waals surface area contributed by atoms with Crippen molar-refractivity contribution in [3.63, 3.8) is 0 Å². The standard InChI is InChI=1S/C14H24N2O5/c1-3-21-13(18)5-4-6-15-12(17)9-16-7-11(8-16)10(2)14(19)20/h10-11H,3-9H2,1-2H3,(H,15,17)(H,19,20). The van der Waals surface area contributed by atoms with Gasteiger partial charge in [-0.3, -0.25) is 19.3 Å². The Bertz CT molecular complexity index is 380. The summed E-state index contributed by atoms with van der Waals surface area (Å²) in [6, 6.07) is 0. The molecule has 1 atom stereocenters. The highest BCUT2D eigenvalue weighted by molar-refractivity contribution is 5.78. The first kappa shape index (κ1) is 17.4. The number of carbonyl (C=O) groups is 3. The van der Waals surface area contributed by atoms with Crippen LogP contribution in [0.3, 0.4) is 0 Å². The van der Waals surface area contributed by atoms with Crippen LogP contribution in [-0.4, -0.2) is 60.6 Å². The van der Waals surface area contributed by atoms with Gasteiger partial charge in [0.25, 0.3) is 0 Å². The van der Waals surface area contributed by atoms with Crippen molar-refractivity contribution in [2.24, 2.45) is 11.8 Å². The highest BCUT2D eigenvalue weighted by Crippen LogP contribution is 2.23. The molecule has 0 aromatic carbocycles. The topological polar surface area (TPSA) is 95.9 Å². The van der Waals surface area contributed by atoms with Crippen molar-refractivity contribution < 1.29 is 24.2 Å². The van der Waals surface area contributed by atoms with Gasteiger partial charge in [-0.15, -0.1) is 0 Å². The third-order valence-electron chi connectivity index (χ3n) is 3.63. The van der Waals surface area contributed by atoms with Crippen LogP contribution in [0.25, 0.3) is 0 Å². The zero-order chi connectivity index (χ0) is 15.8. The maximum atomic E-state index is 11.6. The second-order valence-electron chi connectivity index (χ2n) is 5.34. The average Bonchev–Trinajstić information content (AvgIpc) is 2.38. The number of nitrogens with one attached hydrogen (secondary N) is 1. The minimum absolute atomic E-state index is 0.0970. The van der Waals surface area contributed by atoms with Gasteiger partial charge in [0, 0.05) is 26.1 Å². The molecule has 7 nitrogen and oxygen atoms in total. The first-order valence-electron chi connectivity index (χ1n) is 7.31. The van der Waals surface area contributed by atoms with Gasteiger partial charge in [-0.1, -0.05) is 6.92 Å². The second kappa shape index (κ2) is 8.61. The van der Waals surface area contributed by atoms with Gasteiger partial charge in [0.2, 0.25) is 5.91 Å². The lowest BCUT2D eigenvalue weighted by atomic mass is 9.87. The highest BCUT2D eigenvalue weighted by atomic mass is 16.5. The molecule has 1 rings (SSSR count). The fourth-order valence-electron chi connectivity index (χ4n) is 2.21. The molecule has 0 radical (unpaired) electrons. The minimum Gasteiger partial charge on any atom is -0.481 e. The SMILES string of the molecule is CCOC(=O)CCCNC(=O)CN1CC(C(C)C(=O)O)C1. The third-order valence-corrected chi connectivity index (χ3v) is 3.63. The van der Waals surface area contributed by atoms with E-state index in [0.29, 0.717) is 39.1 Å². The van der Waals surface area contributed by atoms with Crippen molar-refractivity contribution in [3.8, 4) is 0 Å². The van der Waals surface area contributed by atoms with E-state index in [0.717, 1.165) is 0 Å². The maximum Gasteiger partial charge on any atom is 0.306 e. The third kappa shape index (κ3) is 6.12. The summed E-state index contributed by atoms with van der Waals surface area (Å²) in [6.45, 7) is 5.83. The first-order valence-corrected chi connectivity index (χ1v) is 7.31. The number of ether oxygens (including phenoxy) is 1. The predicted molar refractivity (Wildman–Crippen MR) is 75.6 cm³/mol. The molecule has 120 valence electrons. The molecule has 1 saturated heterocycles. The van der Waals surface area contributed by atoms with E-state index < -0.39 is 5.97 Å². The predicted octanol–water partition coefficient (Wildman–Crippen LogP) is 0.0984. The van der Waals surface area contributed by atoms with E-state index in [-0.39, 0.29) is 30.3 Å². The van der Waals surface area contributed by atoms with Gasteiger partial charge >= 0.3 is 11.9 Å². The van der Waals surface area contributed by atoms with Gasteiger partial charge < -0.3 is 15.2 Å². The van der Waals surface area contributed by atoms with Crippen LogP contribution < -0.4 is 5.32 Å². The van der Waals surface area contributed by atoms with E-state index in [2.05, 4.69) is 5.32 Å². The Morgan fingerprint density at radius 2 is 2.05 bits per heavy atom. The summed E-state index contributed by atoms with van der Waals surface area (Å²) in [6.07, 6.45) is 0.860. The van der Waals surface area contributed by atoms with E-state index in [4.69, 9.17) is 9.84 Å². The molecule has 21 heavy (non-hydrogen) atoms. The van der Waals surface area contributed by atoms with Crippen LogP contribution >= 0.6 is 0 Å². The number of nitrogens with zero attached hydrogens (tertiary/aromatic N) is 1. The number of amides is 1. The van der Waals surface area contributed by atoms with Gasteiger partial charge in [-0.25, -0.2) is 0 Å². The summed E-state index contributed by atoms with van der Waals surface area (Å²) in [4.78, 5) is 35.5. The quantitative estimate of drug-likeness (QED) is 0.463. The smallest absolute Gasteiger partial charge is 0.306 e. The Morgan fingerprint density at radius 3 is 2.62 bits per heavy atom. The molecule has 2 N–H and O–H groups in total. The molecule has 1 heterocycles. The fourth-order valence-corrected chi connectivity index (χ4v) is 2.21. The van der Waals surface area contributed by atoms with E-state index in [1.807, 2.05) is 4.90 Å². The van der Waals surface area contributed by atoms with E-state index in [1.54, 1.807) is 13.8 Å². The molecule has 1 aliphatic heterocycles. The van der Waals surface area contributed by atoms with Gasteiger partial charge in [-0.2, -0.15) is 0 Å². The minimum atomic E-state index is -0.789. The number of rotatable bonds is 9. The van der Waals surface area contributed by atoms with Crippen molar-refractivity contribution in [2.45, 2.75) is 26.7 Å². The van der Waals surface area contributed by atoms with Crippen molar-refractivity contribution in [3.05, 3.63) is 0 Å². The molecule has 0 aromatic heterocycles. The summed E-state index contributed by atoms with van der Waals surface area (Å²) < 4.78 is 4.79. The number of carbonyl (C=O) groups excluding carboxylic acids is 2. The molecular weight excluding hydrogens is 276 g/mol. The molecule has 7 heteroatoms. The lowest BCUT2D eigenvalue weighted by Gasteiger charge is -2.40. The van der Waals surface area contributed by atoms with Gasteiger partial charge in [-0.05, 0) is 19.3 Å². The number of carboxylic acids is 1. The van der Waals surface area contributed by atoms with Crippen LogP contribution in [0.5, 0.6) is 0 Å². The molecule has 0 saturated carbocycles. The number of carboxylic acid groups (broad SMARTS) is 1. The summed E-state index contributed by atoms with van der Waals surface area (Å²) >= 11 is 0. The number of likely N-dealkylation sites (tertiary alicyclic amines) is 1. The Hall–Kier alpha value is -1.63. The van der Waals surface area contributed by atoms with E-state index in [9.17, 15) is 14.4 Å². The van der Waals surface area contributed by atoms with Crippen LogP contribution in [0.15, 0.2) is 0 Å². The van der Waals surface area contributed by atoms with Gasteiger partial charge in [0.15, 0.2) is 0 Å². The number of hydrogen-bond donors (Lipinski definition) is 2. The van der Waals surface area contributed by atoms with Crippen LogP contribution in [0, 0.1) is 11.8 Å². The van der Waals surface area contributed by atoms with Crippen molar-refractivity contribution in [1.29, 1.82) is 0 Å². The molecule has 1 unspecified atom stereocenters. The fraction of sp³-hybridized carbons (Fsp3) is 0.786. The lowest BCUT2D eigenvalue weighted by molar-refractivity contribution is -0.146. The van der Waals surface area contributed by atoms with Crippen molar-refractivity contribution in [2.75, 3.05) is 32.8 Å². The Kier molecular flexibility index (Phi) is 7.14. The lowest BCUT2D eigenvalue weighted by Crippen LogP contribution is -2.53. The molecule has 0 spiro atoms. The van der Waals surface area contributed by atoms with Crippen LogP contribution in [0.1, 0.15) is 26.7 Å². The highest BCUT2D eigenvalue weighted by Gasteiger charge is 2.35. The Morgan fingerprint density at radius 1 is 1.38 bits per heavy atom. The van der Waals surface area contributed by atoms with Crippen molar-refractivity contribution >= 4 is 17.8 Å². The Labute approximate surface area is 124 Å². The zero-order valence-electron chi connectivity index (χ0n) is 12.6. The number of hydrogen-bond acceptors (Lipinski definition) is 5. The Balaban J connectivity index is 2.06. The normalized spacial score (nSPS) is 16.9. The average molecular weight is 300 g/mol. The molecule has 0 aliphatic carbocycles. The monoisotopic (exact) mass is 300 g/mol. The van der Waals surface area contributed by atoms with Crippen LogP contribution in [0.2, 0.25) is 0 Å². The first-order chi connectivity index (χ1) is 9.93. The van der Waals surface area contributed by atoms with Gasteiger partial charge in [0.05, 0.1) is 19.1 Å². The summed E-state index contributed by atoms with van der Waals surface area (Å²) in [5, 5.41) is 11.6. The molecule has 0 bridgehead atoms. The molecule has 1 fully saturated rings. The number of esters is 1. The zero-order valence-corrected chi connectivity index (χ0v) is 12.6. The number of aliphatic carboxylic acids is 1. The van der Waals surface area contributed by atoms with E-state index in [1.165, 1.54) is 0 Å². The van der Waals surface area contributed by atoms with Crippen LogP contribution in [0.4, 0.5) is 0 Å². The summed E-state index contributed by atoms with van der Waals surface area (Å²) in [5.74, 6) is -1.38. The summed E-state index contributed by atoms with van der Waals surface area (Å²) in [5.41, 5.74) is 0. The van der Waals surface area contributed by atoms with Crippen LogP contribution in [-0.2, 0) is 19.1 Å². The largest absolute Gasteiger partial charge is 0.481 e. The second-order valence-corrected chi connectivity index (χ2v) is 5.34. The molecule has 0 aromatic rings. The maximum absolute atomic E-state index is 11.6.